The maximum absolute atomic E-state index is 9.21. The topological polar surface area (TPSA) is 90.0 Å². The molecule has 24 heavy (non-hydrogen) atoms. The summed E-state index contributed by atoms with van der Waals surface area (Å²) in [4.78, 5) is 7.45. The van der Waals surface area contributed by atoms with Crippen molar-refractivity contribution in [3.63, 3.8) is 0 Å². The van der Waals surface area contributed by atoms with Gasteiger partial charge in [-0.2, -0.15) is 10.4 Å². The maximum Gasteiger partial charge on any atom is 0.252 e. The zero-order valence-electron chi connectivity index (χ0n) is 13.7. The minimum atomic E-state index is 0.213. The minimum absolute atomic E-state index is 0.213. The lowest BCUT2D eigenvalue weighted by Gasteiger charge is -2.05. The number of aromatic nitrogens is 2. The highest BCUT2D eigenvalue weighted by molar-refractivity contribution is 5.99. The van der Waals surface area contributed by atoms with Gasteiger partial charge in [0.05, 0.1) is 6.21 Å². The molecule has 0 saturated heterocycles. The number of anilines is 1. The Balaban J connectivity index is 1.80. The minimum Gasteiger partial charge on any atom is -0.422 e. The molecule has 0 spiro atoms. The summed E-state index contributed by atoms with van der Waals surface area (Å²) in [6, 6.07) is 10.0. The van der Waals surface area contributed by atoms with Crippen molar-refractivity contribution in [2.75, 3.05) is 5.43 Å². The monoisotopic (exact) mass is 321 g/mol. The molecule has 122 valence electrons. The molecule has 0 aliphatic heterocycles. The smallest absolute Gasteiger partial charge is 0.252 e. The van der Waals surface area contributed by atoms with Gasteiger partial charge in [0.1, 0.15) is 6.07 Å². The van der Waals surface area contributed by atoms with Crippen LogP contribution in [0.4, 0.5) is 5.88 Å². The largest absolute Gasteiger partial charge is 0.422 e. The highest BCUT2D eigenvalue weighted by Gasteiger charge is 2.18. The Morgan fingerprint density at radius 3 is 2.92 bits per heavy atom. The second kappa shape index (κ2) is 7.01. The highest BCUT2D eigenvalue weighted by Crippen LogP contribution is 2.27. The molecule has 6 nitrogen and oxygen atoms in total. The number of oxazole rings is 1. The molecular formula is C18H19N5O. The van der Waals surface area contributed by atoms with Gasteiger partial charge in [-0.25, -0.2) is 10.4 Å². The number of hydrogen-bond donors (Lipinski definition) is 2. The fourth-order valence-electron chi connectivity index (χ4n) is 2.66. The van der Waals surface area contributed by atoms with E-state index in [0.717, 1.165) is 29.3 Å². The molecule has 2 N–H and O–H groups in total. The molecule has 0 aliphatic rings. The summed E-state index contributed by atoms with van der Waals surface area (Å²) in [6.45, 7) is 4.15. The van der Waals surface area contributed by atoms with Gasteiger partial charge in [0.15, 0.2) is 0 Å². The Hall–Kier alpha value is -3.07. The number of aromatic amines is 1. The van der Waals surface area contributed by atoms with Crippen molar-refractivity contribution in [1.29, 1.82) is 5.26 Å². The van der Waals surface area contributed by atoms with Gasteiger partial charge in [-0.05, 0) is 18.9 Å². The van der Waals surface area contributed by atoms with Crippen LogP contribution in [0.15, 0.2) is 40.0 Å². The van der Waals surface area contributed by atoms with E-state index in [4.69, 9.17) is 4.42 Å². The molecular weight excluding hydrogens is 302 g/mol. The standard InChI is InChI=1S/C18H19N5O/c1-3-12(4-2)17-22-16(9-19)18(24-17)23-21-11-13-10-20-15-8-6-5-7-14(13)15/h5-8,10-12,20,23H,3-4H2,1-2H3/b21-11+. The molecule has 0 amide bonds. The first-order chi connectivity index (χ1) is 11.8. The van der Waals surface area contributed by atoms with Crippen LogP contribution in [0.2, 0.25) is 0 Å². The Morgan fingerprint density at radius 2 is 2.17 bits per heavy atom. The number of benzene rings is 1. The summed E-state index contributed by atoms with van der Waals surface area (Å²) in [5.41, 5.74) is 5.03. The van der Waals surface area contributed by atoms with Crippen molar-refractivity contribution in [3.05, 3.63) is 47.6 Å². The van der Waals surface area contributed by atoms with Crippen molar-refractivity contribution in [2.45, 2.75) is 32.6 Å². The van der Waals surface area contributed by atoms with Gasteiger partial charge in [-0.1, -0.05) is 32.0 Å². The molecule has 3 rings (SSSR count). The summed E-state index contributed by atoms with van der Waals surface area (Å²) in [7, 11) is 0. The second-order valence-corrected chi connectivity index (χ2v) is 5.51. The van der Waals surface area contributed by atoms with Gasteiger partial charge in [-0.15, -0.1) is 0 Å². The first kappa shape index (κ1) is 15.8. The van der Waals surface area contributed by atoms with Crippen LogP contribution in [-0.2, 0) is 0 Å². The van der Waals surface area contributed by atoms with Crippen molar-refractivity contribution in [2.24, 2.45) is 5.10 Å². The summed E-state index contributed by atoms with van der Waals surface area (Å²) in [5, 5.41) is 14.5. The van der Waals surface area contributed by atoms with E-state index < -0.39 is 0 Å². The highest BCUT2D eigenvalue weighted by atomic mass is 16.4. The van der Waals surface area contributed by atoms with E-state index in [1.807, 2.05) is 36.5 Å². The average molecular weight is 321 g/mol. The van der Waals surface area contributed by atoms with Crippen molar-refractivity contribution in [3.8, 4) is 6.07 Å². The third kappa shape index (κ3) is 3.01. The Bertz CT molecular complexity index is 896. The molecule has 0 bridgehead atoms. The Kier molecular flexibility index (Phi) is 4.62. The summed E-state index contributed by atoms with van der Waals surface area (Å²) in [5.74, 6) is 1.09. The van der Waals surface area contributed by atoms with Crippen LogP contribution >= 0.6 is 0 Å². The lowest BCUT2D eigenvalue weighted by Crippen LogP contribution is -1.95. The number of nitrogens with one attached hydrogen (secondary N) is 2. The molecule has 2 heterocycles. The third-order valence-corrected chi connectivity index (χ3v) is 4.08. The first-order valence-electron chi connectivity index (χ1n) is 8.02. The first-order valence-corrected chi connectivity index (χ1v) is 8.02. The van der Waals surface area contributed by atoms with E-state index in [1.54, 1.807) is 6.21 Å². The number of rotatable bonds is 6. The Labute approximate surface area is 140 Å². The number of fused-ring (bicyclic) bond motifs is 1. The van der Waals surface area contributed by atoms with Crippen LogP contribution in [-0.4, -0.2) is 16.2 Å². The molecule has 0 unspecified atom stereocenters. The molecule has 0 atom stereocenters. The van der Waals surface area contributed by atoms with E-state index >= 15 is 0 Å². The third-order valence-electron chi connectivity index (χ3n) is 4.08. The number of nitrogens with zero attached hydrogens (tertiary/aromatic N) is 3. The molecule has 2 aromatic heterocycles. The second-order valence-electron chi connectivity index (χ2n) is 5.51. The van der Waals surface area contributed by atoms with Crippen LogP contribution in [0.1, 0.15) is 49.8 Å². The van der Waals surface area contributed by atoms with Crippen LogP contribution in [0.3, 0.4) is 0 Å². The van der Waals surface area contributed by atoms with E-state index in [0.29, 0.717) is 5.89 Å². The van der Waals surface area contributed by atoms with E-state index in [-0.39, 0.29) is 17.5 Å². The lowest BCUT2D eigenvalue weighted by atomic mass is 10.0. The quantitative estimate of drug-likeness (QED) is 0.521. The van der Waals surface area contributed by atoms with Gasteiger partial charge in [0.25, 0.3) is 5.88 Å². The molecule has 0 saturated carbocycles. The summed E-state index contributed by atoms with van der Waals surface area (Å²) >= 11 is 0. The zero-order chi connectivity index (χ0) is 16.9. The van der Waals surface area contributed by atoms with Gasteiger partial charge in [0.2, 0.25) is 11.6 Å². The molecule has 0 radical (unpaired) electrons. The van der Waals surface area contributed by atoms with Crippen molar-refractivity contribution in [1.82, 2.24) is 9.97 Å². The SMILES string of the molecule is CCC(CC)c1nc(C#N)c(N/N=C/c2c[nH]c3ccccc23)o1. The number of nitriles is 1. The van der Waals surface area contributed by atoms with Crippen molar-refractivity contribution < 1.29 is 4.42 Å². The lowest BCUT2D eigenvalue weighted by molar-refractivity contribution is 0.439. The van der Waals surface area contributed by atoms with Gasteiger partial charge >= 0.3 is 0 Å². The molecule has 1 aromatic carbocycles. The fraction of sp³-hybridized carbons (Fsp3) is 0.278. The van der Waals surface area contributed by atoms with E-state index in [9.17, 15) is 5.26 Å². The number of para-hydroxylation sites is 1. The van der Waals surface area contributed by atoms with Crippen LogP contribution in [0, 0.1) is 11.3 Å². The van der Waals surface area contributed by atoms with Crippen molar-refractivity contribution >= 4 is 23.0 Å². The number of hydrazone groups is 1. The number of H-pyrrole nitrogens is 1. The predicted octanol–water partition coefficient (Wildman–Crippen LogP) is 4.38. The van der Waals surface area contributed by atoms with E-state index in [2.05, 4.69) is 34.3 Å². The fourth-order valence-corrected chi connectivity index (χ4v) is 2.66. The Morgan fingerprint density at radius 1 is 1.38 bits per heavy atom. The molecule has 0 fully saturated rings. The molecule has 3 aromatic rings. The van der Waals surface area contributed by atoms with E-state index in [1.165, 1.54) is 0 Å². The van der Waals surface area contributed by atoms with Crippen LogP contribution in [0.5, 0.6) is 0 Å². The predicted molar refractivity (Wildman–Crippen MR) is 94.1 cm³/mol. The maximum atomic E-state index is 9.21. The summed E-state index contributed by atoms with van der Waals surface area (Å²) < 4.78 is 5.69. The van der Waals surface area contributed by atoms with Crippen LogP contribution in [0.25, 0.3) is 10.9 Å². The summed E-state index contributed by atoms with van der Waals surface area (Å²) in [6.07, 6.45) is 5.41. The van der Waals surface area contributed by atoms with Gasteiger partial charge in [-0.3, -0.25) is 0 Å². The normalized spacial score (nSPS) is 11.4. The number of hydrogen-bond acceptors (Lipinski definition) is 5. The average Bonchev–Trinajstić information content (AvgIpc) is 3.21. The zero-order valence-corrected chi connectivity index (χ0v) is 13.7. The molecule has 6 heteroatoms. The van der Waals surface area contributed by atoms with Gasteiger partial charge < -0.3 is 9.40 Å². The van der Waals surface area contributed by atoms with Gasteiger partial charge in [0, 0.05) is 28.6 Å². The molecule has 0 aliphatic carbocycles. The van der Waals surface area contributed by atoms with Crippen LogP contribution < -0.4 is 5.43 Å².